The van der Waals surface area contributed by atoms with Crippen molar-refractivity contribution in [2.45, 2.75) is 153 Å². The highest BCUT2D eigenvalue weighted by molar-refractivity contribution is 7.91. The van der Waals surface area contributed by atoms with Crippen LogP contribution in [0, 0.1) is 17.8 Å². The number of rotatable bonds is 13. The van der Waals surface area contributed by atoms with Gasteiger partial charge < -0.3 is 29.5 Å². The van der Waals surface area contributed by atoms with E-state index in [1.165, 1.54) is 18.9 Å². The Morgan fingerprint density at radius 2 is 1.78 bits per heavy atom. The number of hydrogen-bond donors (Lipinski definition) is 3. The number of pyridine rings is 2. The van der Waals surface area contributed by atoms with Gasteiger partial charge in [0.1, 0.15) is 40.8 Å². The standard InChI is InChI=1S/C49H64F2N6O10S/c1-10-30-21-29(4)13-11-12-14-32-25-49(32,44(60)55-68(63,64)47(7)19-20-47)54-41(58)39-24-35(27-56(39)43(59)40(30)57(45(61)62)46(5,6)48(8,50)51)67-42-36-17-15-33(65-9)22-31(36)23-38(53-42)37-18-16-34(26-52-37)66-28(2)3/h12,14-18,22-23,26,28-30,32,35,39-40H,10-11,13,19-21,24-25,27H2,1-9H3,(H,54,58)(H,55,60)(H,61,62)/t29-,30+,32+,35+,39-,40-,49+/m0/s1. The average molecular weight is 967 g/mol. The van der Waals surface area contributed by atoms with Crippen LogP contribution in [0.5, 0.6) is 17.4 Å². The van der Waals surface area contributed by atoms with E-state index in [2.05, 4.69) is 15.0 Å². The molecule has 7 rings (SSSR count). The molecule has 7 atom stereocenters. The van der Waals surface area contributed by atoms with Crippen LogP contribution in [0.25, 0.3) is 22.2 Å². The number of amides is 4. The van der Waals surface area contributed by atoms with E-state index in [-0.39, 0.29) is 50.1 Å². The van der Waals surface area contributed by atoms with Crippen molar-refractivity contribution in [1.82, 2.24) is 29.8 Å². The molecule has 4 heterocycles. The second-order valence-electron chi connectivity index (χ2n) is 20.1. The maximum absolute atomic E-state index is 15.7. The van der Waals surface area contributed by atoms with Gasteiger partial charge in [-0.2, -0.15) is 0 Å². The molecule has 3 fully saturated rings. The van der Waals surface area contributed by atoms with Crippen LogP contribution in [0.1, 0.15) is 107 Å². The first-order valence-corrected chi connectivity index (χ1v) is 24.9. The van der Waals surface area contributed by atoms with E-state index in [0.717, 1.165) is 13.8 Å². The summed E-state index contributed by atoms with van der Waals surface area (Å²) in [6, 6.07) is 7.45. The Morgan fingerprint density at radius 3 is 2.38 bits per heavy atom. The summed E-state index contributed by atoms with van der Waals surface area (Å²) in [5.41, 5.74) is -3.22. The Hall–Kier alpha value is -5.59. The Labute approximate surface area is 396 Å². The van der Waals surface area contributed by atoms with Gasteiger partial charge in [0.25, 0.3) is 11.8 Å². The summed E-state index contributed by atoms with van der Waals surface area (Å²) in [5.74, 6) is -6.52. The molecule has 16 nitrogen and oxygen atoms in total. The number of nitrogens with zero attached hydrogens (tertiary/aromatic N) is 4. The Morgan fingerprint density at radius 1 is 1.07 bits per heavy atom. The molecule has 0 bridgehead atoms. The molecule has 19 heteroatoms. The Bertz CT molecular complexity index is 2570. The van der Waals surface area contributed by atoms with Gasteiger partial charge >= 0.3 is 6.09 Å². The normalized spacial score (nSPS) is 26.4. The van der Waals surface area contributed by atoms with Crippen LogP contribution in [0.3, 0.4) is 0 Å². The smallest absolute Gasteiger partial charge is 0.408 e. The lowest BCUT2D eigenvalue weighted by atomic mass is 9.81. The highest BCUT2D eigenvalue weighted by Gasteiger charge is 2.63. The van der Waals surface area contributed by atoms with Gasteiger partial charge in [0.15, 0.2) is 0 Å². The van der Waals surface area contributed by atoms with Crippen LogP contribution in [0.4, 0.5) is 13.6 Å². The number of allylic oxidation sites excluding steroid dienone is 1. The minimum absolute atomic E-state index is 0.0708. The van der Waals surface area contributed by atoms with Crippen molar-refractivity contribution in [3.05, 3.63) is 54.7 Å². The number of carbonyl (C=O) groups is 4. The maximum atomic E-state index is 15.7. The van der Waals surface area contributed by atoms with E-state index in [1.54, 1.807) is 49.5 Å². The maximum Gasteiger partial charge on any atom is 0.408 e. The summed E-state index contributed by atoms with van der Waals surface area (Å²) < 4.78 is 77.2. The molecule has 2 aliphatic heterocycles. The van der Waals surface area contributed by atoms with Gasteiger partial charge in [-0.1, -0.05) is 32.4 Å². The third kappa shape index (κ3) is 9.95. The van der Waals surface area contributed by atoms with E-state index in [9.17, 15) is 27.9 Å². The van der Waals surface area contributed by atoms with Crippen molar-refractivity contribution in [1.29, 1.82) is 0 Å². The molecule has 1 aromatic carbocycles. The highest BCUT2D eigenvalue weighted by Crippen LogP contribution is 2.48. The van der Waals surface area contributed by atoms with E-state index in [4.69, 9.17) is 19.2 Å². The zero-order valence-corrected chi connectivity index (χ0v) is 41.0. The third-order valence-electron chi connectivity index (χ3n) is 14.4. The second kappa shape index (κ2) is 18.7. The first-order chi connectivity index (χ1) is 31.8. The number of ether oxygens (including phenoxy) is 3. The molecule has 0 spiro atoms. The molecule has 2 aromatic heterocycles. The SMILES string of the molecule is CC[C@@H]1C[C@@H](C)CCC=C[C@@H]2C[C@@]2(C(=O)NS(=O)(=O)C2(C)CC2)NC(=O)[C@@H]2C[C@@H](Oc3nc(-c4ccc(OC(C)C)cn4)cc4cc(OC)ccc34)CN2C(=O)[C@H]1N(C(=O)O)C(C)(C)C(C)(F)F. The predicted molar refractivity (Wildman–Crippen MR) is 250 cm³/mol. The Balaban J connectivity index is 1.33. The van der Waals surface area contributed by atoms with Gasteiger partial charge in [-0.3, -0.25) is 29.0 Å². The first kappa shape index (κ1) is 50.3. The summed E-state index contributed by atoms with van der Waals surface area (Å²) in [6.45, 7) is 11.5. The summed E-state index contributed by atoms with van der Waals surface area (Å²) in [7, 11) is -2.60. The molecule has 0 unspecified atom stereocenters. The quantitative estimate of drug-likeness (QED) is 0.142. The lowest BCUT2D eigenvalue weighted by Gasteiger charge is -2.47. The molecule has 3 aromatic rings. The van der Waals surface area contributed by atoms with E-state index in [0.29, 0.717) is 71.2 Å². The molecule has 2 saturated carbocycles. The topological polar surface area (TPSA) is 207 Å². The molecule has 1 saturated heterocycles. The first-order valence-electron chi connectivity index (χ1n) is 23.4. The van der Waals surface area contributed by atoms with Gasteiger partial charge in [-0.25, -0.2) is 27.0 Å². The number of aromatic nitrogens is 2. The molecule has 68 heavy (non-hydrogen) atoms. The van der Waals surface area contributed by atoms with Crippen molar-refractivity contribution in [3.8, 4) is 28.8 Å². The highest BCUT2D eigenvalue weighted by atomic mass is 32.2. The number of nitrogens with one attached hydrogen (secondary N) is 2. The molecule has 370 valence electrons. The molecular weight excluding hydrogens is 903 g/mol. The Kier molecular flexibility index (Phi) is 13.8. The van der Waals surface area contributed by atoms with Crippen LogP contribution in [-0.4, -0.2) is 117 Å². The fourth-order valence-corrected chi connectivity index (χ4v) is 10.7. The van der Waals surface area contributed by atoms with Gasteiger partial charge in [-0.15, -0.1) is 0 Å². The zero-order chi connectivity index (χ0) is 49.7. The number of halogens is 2. The fraction of sp³-hybridized carbons (Fsp3) is 0.592. The molecule has 2 aliphatic carbocycles. The summed E-state index contributed by atoms with van der Waals surface area (Å²) in [5, 5.41) is 14.9. The number of fused-ring (bicyclic) bond motifs is 3. The summed E-state index contributed by atoms with van der Waals surface area (Å²) in [4.78, 5) is 69.3. The number of alkyl halides is 2. The molecule has 3 N–H and O–H groups in total. The van der Waals surface area contributed by atoms with E-state index < -0.39 is 85.6 Å². The predicted octanol–water partition coefficient (Wildman–Crippen LogP) is 7.50. The van der Waals surface area contributed by atoms with Gasteiger partial charge in [0, 0.05) is 24.6 Å². The van der Waals surface area contributed by atoms with Crippen molar-refractivity contribution < 1.29 is 55.7 Å². The number of benzene rings is 1. The van der Waals surface area contributed by atoms with E-state index in [1.807, 2.05) is 32.9 Å². The van der Waals surface area contributed by atoms with Gasteiger partial charge in [0.2, 0.25) is 27.7 Å². The fourth-order valence-electron chi connectivity index (χ4n) is 9.43. The average Bonchev–Trinajstić information content (AvgIpc) is 4.15. The van der Waals surface area contributed by atoms with Crippen LogP contribution >= 0.6 is 0 Å². The third-order valence-corrected chi connectivity index (χ3v) is 16.5. The van der Waals surface area contributed by atoms with Crippen LogP contribution in [0.2, 0.25) is 0 Å². The molecule has 4 aliphatic rings. The van der Waals surface area contributed by atoms with Crippen molar-refractivity contribution >= 4 is 44.6 Å². The molecule has 0 radical (unpaired) electrons. The number of methoxy groups -OCH3 is 1. The van der Waals surface area contributed by atoms with Crippen LogP contribution in [0.15, 0.2) is 54.7 Å². The van der Waals surface area contributed by atoms with Crippen molar-refractivity contribution in [2.24, 2.45) is 17.8 Å². The monoisotopic (exact) mass is 966 g/mol. The number of carbonyl (C=O) groups excluding carboxylic acids is 3. The van der Waals surface area contributed by atoms with Gasteiger partial charge in [0.05, 0.1) is 42.1 Å². The van der Waals surface area contributed by atoms with E-state index >= 15 is 13.6 Å². The number of carboxylic acid groups (broad SMARTS) is 1. The zero-order valence-electron chi connectivity index (χ0n) is 40.2. The van der Waals surface area contributed by atoms with Crippen molar-refractivity contribution in [2.75, 3.05) is 13.7 Å². The minimum atomic E-state index is -4.13. The summed E-state index contributed by atoms with van der Waals surface area (Å²) in [6.07, 6.45) is 4.61. The molecular formula is C49H64F2N6O10S. The second-order valence-corrected chi connectivity index (χ2v) is 22.3. The summed E-state index contributed by atoms with van der Waals surface area (Å²) >= 11 is 0. The van der Waals surface area contributed by atoms with Crippen LogP contribution < -0.4 is 24.2 Å². The largest absolute Gasteiger partial charge is 0.497 e. The lowest BCUT2D eigenvalue weighted by molar-refractivity contribution is -0.157. The molecule has 4 amide bonds. The lowest BCUT2D eigenvalue weighted by Crippen LogP contribution is -2.67. The van der Waals surface area contributed by atoms with Crippen molar-refractivity contribution in [3.63, 3.8) is 0 Å². The van der Waals surface area contributed by atoms with Crippen LogP contribution in [-0.2, 0) is 24.4 Å². The minimum Gasteiger partial charge on any atom is -0.497 e. The van der Waals surface area contributed by atoms with Gasteiger partial charge in [-0.05, 0) is 127 Å². The number of sulfonamides is 1. The number of hydrogen-bond acceptors (Lipinski definition) is 11.